The zero-order chi connectivity index (χ0) is 15.6. The first kappa shape index (κ1) is 16.0. The first-order valence-electron chi connectivity index (χ1n) is 7.25. The molecule has 1 aliphatic rings. The lowest BCUT2D eigenvalue weighted by atomic mass is 9.74. The summed E-state index contributed by atoms with van der Waals surface area (Å²) < 4.78 is 51.9. The molecule has 1 saturated carbocycles. The van der Waals surface area contributed by atoms with Crippen molar-refractivity contribution in [2.24, 2.45) is 11.8 Å². The van der Waals surface area contributed by atoms with E-state index < -0.39 is 28.9 Å². The van der Waals surface area contributed by atoms with Gasteiger partial charge in [-0.2, -0.15) is 13.2 Å². The van der Waals surface area contributed by atoms with Crippen LogP contribution in [0.2, 0.25) is 0 Å². The van der Waals surface area contributed by atoms with Gasteiger partial charge >= 0.3 is 6.18 Å². The van der Waals surface area contributed by atoms with Crippen molar-refractivity contribution in [2.45, 2.75) is 45.2 Å². The van der Waals surface area contributed by atoms with Crippen LogP contribution >= 0.6 is 0 Å². The lowest BCUT2D eigenvalue weighted by molar-refractivity contribution is -0.137. The van der Waals surface area contributed by atoms with E-state index in [-0.39, 0.29) is 11.8 Å². The first-order valence-corrected chi connectivity index (χ1v) is 7.25. The number of ketones is 1. The standard InChI is InChI=1S/C16H18F4O/c1-2-10-5-3-4-6-12(10)15(21)13-9-11(16(18,19)20)7-8-14(13)17/h7-10,12H,2-6H2,1H3. The molecule has 0 bridgehead atoms. The average Bonchev–Trinajstić information content (AvgIpc) is 2.45. The van der Waals surface area contributed by atoms with Crippen LogP contribution in [-0.4, -0.2) is 5.78 Å². The van der Waals surface area contributed by atoms with Crippen LogP contribution in [0.25, 0.3) is 0 Å². The largest absolute Gasteiger partial charge is 0.416 e. The molecule has 0 radical (unpaired) electrons. The van der Waals surface area contributed by atoms with Gasteiger partial charge in [0.25, 0.3) is 0 Å². The number of alkyl halides is 3. The fourth-order valence-corrected chi connectivity index (χ4v) is 3.13. The summed E-state index contributed by atoms with van der Waals surface area (Å²) >= 11 is 0. The van der Waals surface area contributed by atoms with Crippen LogP contribution < -0.4 is 0 Å². The average molecular weight is 302 g/mol. The Morgan fingerprint density at radius 1 is 1.24 bits per heavy atom. The molecule has 1 aromatic rings. The third kappa shape index (κ3) is 3.44. The Bertz CT molecular complexity index is 521. The van der Waals surface area contributed by atoms with Crippen LogP contribution in [-0.2, 0) is 6.18 Å². The van der Waals surface area contributed by atoms with Crippen LogP contribution in [0, 0.1) is 17.7 Å². The van der Waals surface area contributed by atoms with Crippen LogP contribution in [0.4, 0.5) is 17.6 Å². The van der Waals surface area contributed by atoms with Crippen molar-refractivity contribution in [1.29, 1.82) is 0 Å². The molecule has 0 aliphatic heterocycles. The minimum absolute atomic E-state index is 0.139. The van der Waals surface area contributed by atoms with E-state index in [0.29, 0.717) is 18.6 Å². The fourth-order valence-electron chi connectivity index (χ4n) is 3.13. The first-order chi connectivity index (χ1) is 9.84. The van der Waals surface area contributed by atoms with Crippen molar-refractivity contribution >= 4 is 5.78 Å². The van der Waals surface area contributed by atoms with E-state index in [2.05, 4.69) is 0 Å². The van der Waals surface area contributed by atoms with Crippen LogP contribution in [0.3, 0.4) is 0 Å². The monoisotopic (exact) mass is 302 g/mol. The second-order valence-corrected chi connectivity index (χ2v) is 5.62. The topological polar surface area (TPSA) is 17.1 Å². The van der Waals surface area contributed by atoms with Gasteiger partial charge in [-0.3, -0.25) is 4.79 Å². The zero-order valence-corrected chi connectivity index (χ0v) is 11.8. The molecule has 2 atom stereocenters. The Morgan fingerprint density at radius 2 is 1.90 bits per heavy atom. The Hall–Kier alpha value is -1.39. The van der Waals surface area contributed by atoms with Crippen molar-refractivity contribution in [3.63, 3.8) is 0 Å². The Kier molecular flexibility index (Phi) is 4.69. The number of hydrogen-bond acceptors (Lipinski definition) is 1. The molecule has 2 unspecified atom stereocenters. The minimum atomic E-state index is -4.57. The highest BCUT2D eigenvalue weighted by molar-refractivity contribution is 5.98. The lowest BCUT2D eigenvalue weighted by Gasteiger charge is -2.29. The van der Waals surface area contributed by atoms with Gasteiger partial charge in [0, 0.05) is 5.92 Å². The second kappa shape index (κ2) is 6.16. The number of benzene rings is 1. The smallest absolute Gasteiger partial charge is 0.294 e. The lowest BCUT2D eigenvalue weighted by Crippen LogP contribution is -2.28. The fraction of sp³-hybridized carbons (Fsp3) is 0.562. The number of hydrogen-bond donors (Lipinski definition) is 0. The Balaban J connectivity index is 2.33. The van der Waals surface area contributed by atoms with Gasteiger partial charge in [-0.05, 0) is 37.0 Å². The van der Waals surface area contributed by atoms with E-state index in [1.807, 2.05) is 6.92 Å². The van der Waals surface area contributed by atoms with E-state index in [1.165, 1.54) is 0 Å². The summed E-state index contributed by atoms with van der Waals surface area (Å²) in [6.07, 6.45) is -0.377. The molecule has 0 aromatic heterocycles. The predicted octanol–water partition coefficient (Wildman–Crippen LogP) is 5.24. The number of carbonyl (C=O) groups is 1. The predicted molar refractivity (Wildman–Crippen MR) is 71.5 cm³/mol. The molecule has 0 spiro atoms. The highest BCUT2D eigenvalue weighted by Gasteiger charge is 2.35. The van der Waals surface area contributed by atoms with Crippen molar-refractivity contribution in [3.05, 3.63) is 35.1 Å². The molecule has 0 saturated heterocycles. The SMILES string of the molecule is CCC1CCCCC1C(=O)c1cc(C(F)(F)F)ccc1F. The summed E-state index contributed by atoms with van der Waals surface area (Å²) in [5.74, 6) is -1.57. The number of Topliss-reactive ketones (excluding diaryl/α,β-unsaturated/α-hetero) is 1. The highest BCUT2D eigenvalue weighted by atomic mass is 19.4. The number of halogens is 4. The van der Waals surface area contributed by atoms with Gasteiger partial charge in [-0.15, -0.1) is 0 Å². The molecule has 116 valence electrons. The summed E-state index contributed by atoms with van der Waals surface area (Å²) in [7, 11) is 0. The molecular formula is C16H18F4O. The quantitative estimate of drug-likeness (QED) is 0.551. The summed E-state index contributed by atoms with van der Waals surface area (Å²) in [5, 5.41) is 0. The zero-order valence-electron chi connectivity index (χ0n) is 11.8. The third-order valence-electron chi connectivity index (χ3n) is 4.33. The molecular weight excluding hydrogens is 284 g/mol. The maximum absolute atomic E-state index is 13.8. The number of rotatable bonds is 3. The molecule has 1 nitrogen and oxygen atoms in total. The molecule has 0 amide bonds. The molecule has 0 N–H and O–H groups in total. The van der Waals surface area contributed by atoms with Crippen LogP contribution in [0.1, 0.15) is 54.9 Å². The van der Waals surface area contributed by atoms with Gasteiger partial charge < -0.3 is 0 Å². The molecule has 2 rings (SSSR count). The summed E-state index contributed by atoms with van der Waals surface area (Å²) in [6.45, 7) is 1.96. The second-order valence-electron chi connectivity index (χ2n) is 5.62. The summed E-state index contributed by atoms with van der Waals surface area (Å²) in [6, 6.07) is 2.06. The Morgan fingerprint density at radius 3 is 2.52 bits per heavy atom. The van der Waals surface area contributed by atoms with Crippen molar-refractivity contribution in [3.8, 4) is 0 Å². The third-order valence-corrected chi connectivity index (χ3v) is 4.33. The minimum Gasteiger partial charge on any atom is -0.294 e. The van der Waals surface area contributed by atoms with E-state index in [4.69, 9.17) is 0 Å². The molecule has 1 fully saturated rings. The normalized spacial score (nSPS) is 23.1. The van der Waals surface area contributed by atoms with Crippen molar-refractivity contribution < 1.29 is 22.4 Å². The highest BCUT2D eigenvalue weighted by Crippen LogP contribution is 2.36. The van der Waals surface area contributed by atoms with Gasteiger partial charge in [0.2, 0.25) is 0 Å². The van der Waals surface area contributed by atoms with Gasteiger partial charge in [0.05, 0.1) is 11.1 Å². The Labute approximate surface area is 121 Å². The van der Waals surface area contributed by atoms with E-state index in [9.17, 15) is 22.4 Å². The molecule has 1 aromatic carbocycles. The van der Waals surface area contributed by atoms with Gasteiger partial charge in [-0.25, -0.2) is 4.39 Å². The van der Waals surface area contributed by atoms with E-state index in [0.717, 1.165) is 31.7 Å². The van der Waals surface area contributed by atoms with Crippen LogP contribution in [0.5, 0.6) is 0 Å². The van der Waals surface area contributed by atoms with Crippen molar-refractivity contribution in [2.75, 3.05) is 0 Å². The molecule has 1 aliphatic carbocycles. The summed E-state index contributed by atoms with van der Waals surface area (Å²) in [4.78, 5) is 12.5. The summed E-state index contributed by atoms with van der Waals surface area (Å²) in [5.41, 5.74) is -1.40. The maximum Gasteiger partial charge on any atom is 0.416 e. The van der Waals surface area contributed by atoms with Gasteiger partial charge in [0.1, 0.15) is 5.82 Å². The maximum atomic E-state index is 13.8. The molecule has 0 heterocycles. The van der Waals surface area contributed by atoms with Crippen LogP contribution in [0.15, 0.2) is 18.2 Å². The molecule has 5 heteroatoms. The van der Waals surface area contributed by atoms with E-state index in [1.54, 1.807) is 0 Å². The molecule has 21 heavy (non-hydrogen) atoms. The van der Waals surface area contributed by atoms with E-state index >= 15 is 0 Å². The van der Waals surface area contributed by atoms with Gasteiger partial charge in [0.15, 0.2) is 5.78 Å². The van der Waals surface area contributed by atoms with Gasteiger partial charge in [-0.1, -0.05) is 26.2 Å². The number of carbonyl (C=O) groups excluding carboxylic acids is 1. The van der Waals surface area contributed by atoms with Crippen molar-refractivity contribution in [1.82, 2.24) is 0 Å².